The van der Waals surface area contributed by atoms with Crippen LogP contribution in [0.25, 0.3) is 0 Å². The lowest BCUT2D eigenvalue weighted by molar-refractivity contribution is 0.0923. The van der Waals surface area contributed by atoms with E-state index in [-0.39, 0.29) is 22.7 Å². The molecule has 0 spiro atoms. The van der Waals surface area contributed by atoms with E-state index in [9.17, 15) is 4.79 Å². The van der Waals surface area contributed by atoms with Crippen LogP contribution in [0.5, 0.6) is 5.75 Å². The van der Waals surface area contributed by atoms with Crippen molar-refractivity contribution in [1.29, 1.82) is 0 Å². The first kappa shape index (κ1) is 17.1. The number of carbonyl (C=O) groups excluding carboxylic acids is 1. The number of hydrogen-bond donors (Lipinski definition) is 1. The highest BCUT2D eigenvalue weighted by atomic mass is 35.5. The molecule has 1 N–H and O–H groups in total. The molecule has 0 aliphatic heterocycles. The first-order valence-electron chi connectivity index (χ1n) is 6.70. The van der Waals surface area contributed by atoms with Crippen molar-refractivity contribution in [3.8, 4) is 5.75 Å². The van der Waals surface area contributed by atoms with Crippen molar-refractivity contribution in [2.45, 2.75) is 26.8 Å². The normalized spacial score (nSPS) is 12.0. The number of ether oxygens (including phenoxy) is 1. The van der Waals surface area contributed by atoms with Crippen molar-refractivity contribution in [3.63, 3.8) is 0 Å². The lowest BCUT2D eigenvalue weighted by Crippen LogP contribution is -2.37. The summed E-state index contributed by atoms with van der Waals surface area (Å²) in [5.41, 5.74) is 2.27. The number of rotatable bonds is 5. The molecule has 1 atom stereocenters. The molecule has 0 radical (unpaired) electrons. The van der Waals surface area contributed by atoms with Gasteiger partial charge in [-0.15, -0.1) is 0 Å². The maximum Gasteiger partial charge on any atom is 0.272 e. The molecule has 0 fully saturated rings. The van der Waals surface area contributed by atoms with E-state index in [1.165, 1.54) is 0 Å². The third-order valence-electron chi connectivity index (χ3n) is 3.08. The van der Waals surface area contributed by atoms with E-state index in [4.69, 9.17) is 27.9 Å². The summed E-state index contributed by atoms with van der Waals surface area (Å²) in [6.07, 6.45) is 0. The van der Waals surface area contributed by atoms with Gasteiger partial charge in [-0.2, -0.15) is 4.37 Å². The number of aromatic nitrogens is 1. The van der Waals surface area contributed by atoms with Gasteiger partial charge in [-0.1, -0.05) is 41.4 Å². The van der Waals surface area contributed by atoms with Gasteiger partial charge in [-0.05, 0) is 43.4 Å². The summed E-state index contributed by atoms with van der Waals surface area (Å²) in [5, 5.41) is 2.98. The van der Waals surface area contributed by atoms with Gasteiger partial charge in [0.05, 0.1) is 6.04 Å². The van der Waals surface area contributed by atoms with Crippen LogP contribution >= 0.6 is 34.7 Å². The van der Waals surface area contributed by atoms with E-state index in [0.29, 0.717) is 10.9 Å². The molecule has 1 heterocycles. The molecular formula is C15H16Cl2N2O2S. The molecule has 1 amide bonds. The number of nitrogens with zero attached hydrogens (tertiary/aromatic N) is 1. The Morgan fingerprint density at radius 3 is 2.55 bits per heavy atom. The zero-order valence-corrected chi connectivity index (χ0v) is 14.8. The van der Waals surface area contributed by atoms with Crippen LogP contribution in [0, 0.1) is 13.8 Å². The van der Waals surface area contributed by atoms with Crippen LogP contribution in [0.3, 0.4) is 0 Å². The number of halogens is 2. The smallest absolute Gasteiger partial charge is 0.272 e. The van der Waals surface area contributed by atoms with Crippen molar-refractivity contribution in [1.82, 2.24) is 9.69 Å². The van der Waals surface area contributed by atoms with E-state index in [2.05, 4.69) is 9.69 Å². The minimum atomic E-state index is -0.356. The Balaban J connectivity index is 1.95. The Bertz CT molecular complexity index is 668. The number of aryl methyl sites for hydroxylation is 2. The quantitative estimate of drug-likeness (QED) is 0.868. The first-order valence-corrected chi connectivity index (χ1v) is 8.23. The van der Waals surface area contributed by atoms with Crippen LogP contribution in [0.4, 0.5) is 0 Å². The van der Waals surface area contributed by atoms with Gasteiger partial charge in [-0.25, -0.2) is 0 Å². The fraction of sp³-hybridized carbons (Fsp3) is 0.333. The molecule has 2 aromatic rings. The second kappa shape index (κ2) is 7.31. The van der Waals surface area contributed by atoms with E-state index in [0.717, 1.165) is 28.4 Å². The average molecular weight is 359 g/mol. The fourth-order valence-corrected chi connectivity index (χ4v) is 2.97. The predicted molar refractivity (Wildman–Crippen MR) is 90.5 cm³/mol. The number of benzene rings is 1. The van der Waals surface area contributed by atoms with E-state index in [1.807, 2.05) is 39.0 Å². The highest BCUT2D eigenvalue weighted by Crippen LogP contribution is 2.29. The van der Waals surface area contributed by atoms with Crippen LogP contribution in [-0.2, 0) is 0 Å². The third-order valence-corrected chi connectivity index (χ3v) is 4.69. The Hall–Kier alpha value is -1.30. The standard InChI is InChI=1S/C15H16Cl2N2O2S/c1-8-5-4-6-9(2)13(8)21-7-10(3)18-15(20)12-11(16)14(17)22-19-12/h4-6,10H,7H2,1-3H3,(H,18,20). The van der Waals surface area contributed by atoms with Crippen molar-refractivity contribution in [3.05, 3.63) is 44.4 Å². The third kappa shape index (κ3) is 3.91. The first-order chi connectivity index (χ1) is 10.4. The Morgan fingerprint density at radius 2 is 2.00 bits per heavy atom. The van der Waals surface area contributed by atoms with Crippen molar-refractivity contribution in [2.24, 2.45) is 0 Å². The van der Waals surface area contributed by atoms with Crippen LogP contribution in [0.2, 0.25) is 9.36 Å². The van der Waals surface area contributed by atoms with Gasteiger partial charge in [0.2, 0.25) is 0 Å². The molecule has 0 aliphatic carbocycles. The molecule has 1 aromatic heterocycles. The molecule has 4 nitrogen and oxygen atoms in total. The van der Waals surface area contributed by atoms with Crippen LogP contribution in [0.1, 0.15) is 28.5 Å². The molecule has 1 aromatic carbocycles. The monoisotopic (exact) mass is 358 g/mol. The summed E-state index contributed by atoms with van der Waals surface area (Å²) >= 11 is 12.7. The number of hydrogen-bond acceptors (Lipinski definition) is 4. The maximum atomic E-state index is 12.1. The Kier molecular flexibility index (Phi) is 5.67. The van der Waals surface area contributed by atoms with Gasteiger partial charge in [0.25, 0.3) is 5.91 Å². The van der Waals surface area contributed by atoms with Crippen LogP contribution in [-0.4, -0.2) is 22.9 Å². The van der Waals surface area contributed by atoms with Crippen LogP contribution in [0.15, 0.2) is 18.2 Å². The fourth-order valence-electron chi connectivity index (χ4n) is 1.97. The van der Waals surface area contributed by atoms with Gasteiger partial charge >= 0.3 is 0 Å². The Morgan fingerprint density at radius 1 is 1.36 bits per heavy atom. The van der Waals surface area contributed by atoms with Gasteiger partial charge in [0, 0.05) is 0 Å². The lowest BCUT2D eigenvalue weighted by Gasteiger charge is -2.17. The average Bonchev–Trinajstić information content (AvgIpc) is 2.78. The van der Waals surface area contributed by atoms with Gasteiger partial charge < -0.3 is 10.1 Å². The minimum absolute atomic E-state index is 0.149. The zero-order valence-electron chi connectivity index (χ0n) is 12.4. The topological polar surface area (TPSA) is 51.2 Å². The molecule has 0 bridgehead atoms. The molecule has 0 aliphatic rings. The molecule has 0 saturated carbocycles. The van der Waals surface area contributed by atoms with Crippen molar-refractivity contribution < 1.29 is 9.53 Å². The number of para-hydroxylation sites is 1. The minimum Gasteiger partial charge on any atom is -0.491 e. The summed E-state index contributed by atoms with van der Waals surface area (Å²) in [4.78, 5) is 12.1. The SMILES string of the molecule is Cc1cccc(C)c1OCC(C)NC(=O)c1nsc(Cl)c1Cl. The molecule has 7 heteroatoms. The number of amides is 1. The number of nitrogens with one attached hydrogen (secondary N) is 1. The molecule has 2 rings (SSSR count). The number of carbonyl (C=O) groups is 1. The van der Waals surface area contributed by atoms with E-state index in [1.54, 1.807) is 0 Å². The van der Waals surface area contributed by atoms with Gasteiger partial charge in [0.15, 0.2) is 5.69 Å². The second-order valence-corrected chi connectivity index (χ2v) is 6.78. The molecule has 118 valence electrons. The molecule has 22 heavy (non-hydrogen) atoms. The summed E-state index contributed by atoms with van der Waals surface area (Å²) < 4.78 is 10.1. The second-order valence-electron chi connectivity index (χ2n) is 5.03. The van der Waals surface area contributed by atoms with Gasteiger partial charge in [0.1, 0.15) is 21.7 Å². The molecule has 1 unspecified atom stereocenters. The highest BCUT2D eigenvalue weighted by molar-refractivity contribution is 7.11. The maximum absolute atomic E-state index is 12.1. The summed E-state index contributed by atoms with van der Waals surface area (Å²) in [6, 6.07) is 5.77. The van der Waals surface area contributed by atoms with Crippen molar-refractivity contribution >= 4 is 40.6 Å². The molecular weight excluding hydrogens is 343 g/mol. The van der Waals surface area contributed by atoms with Crippen LogP contribution < -0.4 is 10.1 Å². The summed E-state index contributed by atoms with van der Waals surface area (Å²) in [6.45, 7) is 6.19. The lowest BCUT2D eigenvalue weighted by atomic mass is 10.1. The Labute approximate surface area is 143 Å². The summed E-state index contributed by atoms with van der Waals surface area (Å²) in [5.74, 6) is 0.490. The van der Waals surface area contributed by atoms with E-state index < -0.39 is 0 Å². The predicted octanol–water partition coefficient (Wildman–Crippen LogP) is 4.26. The van der Waals surface area contributed by atoms with Gasteiger partial charge in [-0.3, -0.25) is 4.79 Å². The van der Waals surface area contributed by atoms with E-state index >= 15 is 0 Å². The molecule has 0 saturated heterocycles. The largest absolute Gasteiger partial charge is 0.491 e. The van der Waals surface area contributed by atoms with Crippen molar-refractivity contribution in [2.75, 3.05) is 6.61 Å². The highest BCUT2D eigenvalue weighted by Gasteiger charge is 2.19. The summed E-state index contributed by atoms with van der Waals surface area (Å²) in [7, 11) is 0. The zero-order chi connectivity index (χ0) is 16.3.